The maximum Gasteiger partial charge on any atom is 0.280 e. The molecule has 0 aliphatic carbocycles. The topological polar surface area (TPSA) is 185 Å². The minimum absolute atomic E-state index is 0.0334. The number of nitrogen functional groups attached to an aromatic ring is 1. The van der Waals surface area contributed by atoms with Crippen LogP contribution >= 0.6 is 0 Å². The molecule has 2 rings (SSSR count). The summed E-state index contributed by atoms with van der Waals surface area (Å²) in [5, 5.41) is 20.5. The van der Waals surface area contributed by atoms with Crippen molar-refractivity contribution >= 4 is 23.1 Å². The van der Waals surface area contributed by atoms with Crippen LogP contribution in [0.4, 0.5) is 5.95 Å². The zero-order valence-corrected chi connectivity index (χ0v) is 14.0. The Bertz CT molecular complexity index is 829. The third-order valence-electron chi connectivity index (χ3n) is 4.23. The highest BCUT2D eigenvalue weighted by atomic mass is 16.5. The predicted molar refractivity (Wildman–Crippen MR) is 86.0 cm³/mol. The molecular weight excluding hydrogens is 332 g/mol. The van der Waals surface area contributed by atoms with Crippen molar-refractivity contribution in [2.24, 2.45) is 5.73 Å². The van der Waals surface area contributed by atoms with Crippen LogP contribution in [-0.4, -0.2) is 48.3 Å². The number of H-pyrrole nitrogens is 1. The summed E-state index contributed by atoms with van der Waals surface area (Å²) in [4.78, 5) is 33.6. The van der Waals surface area contributed by atoms with Gasteiger partial charge in [-0.2, -0.15) is 4.98 Å². The SMILES string of the molecule is CC(C)(OCn1cnc2c(=O)[nH]c(N)nc21)[C@@](N)(CCCO)C(=O)[O-]. The van der Waals surface area contributed by atoms with Gasteiger partial charge in [0.15, 0.2) is 11.2 Å². The summed E-state index contributed by atoms with van der Waals surface area (Å²) in [7, 11) is 0. The molecule has 0 fully saturated rings. The summed E-state index contributed by atoms with van der Waals surface area (Å²) in [5.41, 5.74) is 8.13. The lowest BCUT2D eigenvalue weighted by atomic mass is 9.79. The van der Waals surface area contributed by atoms with E-state index in [9.17, 15) is 14.7 Å². The summed E-state index contributed by atoms with van der Waals surface area (Å²) in [6.45, 7) is 2.65. The molecule has 6 N–H and O–H groups in total. The zero-order chi connectivity index (χ0) is 18.8. The number of aliphatic hydroxyl groups is 1. The maximum atomic E-state index is 11.8. The highest BCUT2D eigenvalue weighted by molar-refractivity contribution is 5.78. The van der Waals surface area contributed by atoms with E-state index in [1.165, 1.54) is 24.7 Å². The van der Waals surface area contributed by atoms with Gasteiger partial charge in [-0.15, -0.1) is 0 Å². The Balaban J connectivity index is 2.27. The second kappa shape index (κ2) is 6.78. The zero-order valence-electron chi connectivity index (χ0n) is 14.0. The van der Waals surface area contributed by atoms with Crippen LogP contribution < -0.4 is 22.1 Å². The van der Waals surface area contributed by atoms with Crippen LogP contribution in [0.5, 0.6) is 0 Å². The van der Waals surface area contributed by atoms with E-state index in [1.54, 1.807) is 0 Å². The quantitative estimate of drug-likeness (QED) is 0.404. The molecule has 2 heterocycles. The van der Waals surface area contributed by atoms with Crippen molar-refractivity contribution in [2.45, 2.75) is 44.6 Å². The van der Waals surface area contributed by atoms with Crippen LogP contribution in [0.2, 0.25) is 0 Å². The normalized spacial score (nSPS) is 14.6. The molecule has 11 nitrogen and oxygen atoms in total. The first kappa shape index (κ1) is 18.8. The van der Waals surface area contributed by atoms with E-state index in [0.717, 1.165) is 0 Å². The second-order valence-electron chi connectivity index (χ2n) is 6.21. The average molecular weight is 353 g/mol. The number of nitrogens with one attached hydrogen (secondary N) is 1. The van der Waals surface area contributed by atoms with Crippen LogP contribution in [-0.2, 0) is 16.3 Å². The summed E-state index contributed by atoms with van der Waals surface area (Å²) < 4.78 is 7.09. The van der Waals surface area contributed by atoms with Gasteiger partial charge in [0, 0.05) is 6.61 Å². The summed E-state index contributed by atoms with van der Waals surface area (Å²) in [6, 6.07) is 0. The number of fused-ring (bicyclic) bond motifs is 1. The predicted octanol–water partition coefficient (Wildman–Crippen LogP) is -2.33. The van der Waals surface area contributed by atoms with Crippen LogP contribution in [0.15, 0.2) is 11.1 Å². The standard InChI is InChI=1S/C14H22N6O5/c1-13(2,14(16,11(23)24)4-3-5-21)25-7-20-6-17-8-9(20)18-12(15)19-10(8)22/h6,21H,3-5,7,16H2,1-2H3,(H,23,24)(H3,15,18,19,22)/p-1/t14-/m1/s1. The number of aromatic amines is 1. The lowest BCUT2D eigenvalue weighted by Crippen LogP contribution is -2.68. The highest BCUT2D eigenvalue weighted by Crippen LogP contribution is 2.28. The van der Waals surface area contributed by atoms with Gasteiger partial charge in [0.25, 0.3) is 5.56 Å². The molecule has 1 atom stereocenters. The number of hydrogen-bond donors (Lipinski definition) is 4. The maximum absolute atomic E-state index is 11.8. The molecule has 2 aromatic heterocycles. The Hall–Kier alpha value is -2.50. The van der Waals surface area contributed by atoms with Crippen molar-refractivity contribution in [3.63, 3.8) is 0 Å². The van der Waals surface area contributed by atoms with Crippen LogP contribution in [0, 0.1) is 0 Å². The van der Waals surface area contributed by atoms with Gasteiger partial charge in [-0.3, -0.25) is 14.3 Å². The van der Waals surface area contributed by atoms with E-state index in [4.69, 9.17) is 21.3 Å². The number of carbonyl (C=O) groups excluding carboxylic acids is 1. The Morgan fingerprint density at radius 3 is 2.80 bits per heavy atom. The fraction of sp³-hybridized carbons (Fsp3) is 0.571. The van der Waals surface area contributed by atoms with Crippen LogP contribution in [0.25, 0.3) is 11.2 Å². The van der Waals surface area contributed by atoms with Gasteiger partial charge in [-0.25, -0.2) is 4.98 Å². The number of carboxylic acid groups (broad SMARTS) is 1. The molecule has 138 valence electrons. The number of nitrogens with two attached hydrogens (primary N) is 2. The fourth-order valence-corrected chi connectivity index (χ4v) is 2.43. The van der Waals surface area contributed by atoms with E-state index in [0.29, 0.717) is 0 Å². The number of rotatable bonds is 8. The van der Waals surface area contributed by atoms with E-state index < -0.39 is 22.7 Å². The Morgan fingerprint density at radius 1 is 1.52 bits per heavy atom. The Labute approximate surface area is 142 Å². The number of carbonyl (C=O) groups is 1. The number of aliphatic carboxylic acids is 1. The number of nitrogens with zero attached hydrogens (tertiary/aromatic N) is 3. The highest BCUT2D eigenvalue weighted by Gasteiger charge is 2.44. The van der Waals surface area contributed by atoms with Crippen molar-refractivity contribution in [1.82, 2.24) is 19.5 Å². The summed E-state index contributed by atoms with van der Waals surface area (Å²) in [6.07, 6.45) is 1.47. The van der Waals surface area contributed by atoms with Crippen molar-refractivity contribution in [1.29, 1.82) is 0 Å². The largest absolute Gasteiger partial charge is 0.548 e. The molecule has 0 unspecified atom stereocenters. The number of carboxylic acids is 1. The monoisotopic (exact) mass is 353 g/mol. The molecular formula is C14H21N6O5-. The molecule has 0 aromatic carbocycles. The molecule has 0 aliphatic rings. The van der Waals surface area contributed by atoms with Gasteiger partial charge in [-0.05, 0) is 26.7 Å². The van der Waals surface area contributed by atoms with Gasteiger partial charge in [0.05, 0.1) is 23.4 Å². The fourth-order valence-electron chi connectivity index (χ4n) is 2.43. The molecule has 0 radical (unpaired) electrons. The molecule has 0 saturated carbocycles. The van der Waals surface area contributed by atoms with E-state index in [1.807, 2.05) is 0 Å². The first-order chi connectivity index (χ1) is 11.6. The summed E-state index contributed by atoms with van der Waals surface area (Å²) in [5.74, 6) is -1.57. The lowest BCUT2D eigenvalue weighted by Gasteiger charge is -2.44. The molecule has 11 heteroatoms. The Kier molecular flexibility index (Phi) is 5.11. The van der Waals surface area contributed by atoms with Gasteiger partial charge >= 0.3 is 0 Å². The Morgan fingerprint density at radius 2 is 2.20 bits per heavy atom. The second-order valence-corrected chi connectivity index (χ2v) is 6.21. The van der Waals surface area contributed by atoms with Crippen molar-refractivity contribution in [3.05, 3.63) is 16.7 Å². The molecule has 0 spiro atoms. The van der Waals surface area contributed by atoms with Crippen molar-refractivity contribution < 1.29 is 19.7 Å². The molecule has 0 saturated heterocycles. The van der Waals surface area contributed by atoms with E-state index in [-0.39, 0.29) is 43.3 Å². The van der Waals surface area contributed by atoms with Crippen LogP contribution in [0.1, 0.15) is 26.7 Å². The summed E-state index contributed by atoms with van der Waals surface area (Å²) >= 11 is 0. The van der Waals surface area contributed by atoms with Gasteiger partial charge < -0.3 is 31.2 Å². The first-order valence-corrected chi connectivity index (χ1v) is 7.58. The van der Waals surface area contributed by atoms with Crippen LogP contribution in [0.3, 0.4) is 0 Å². The van der Waals surface area contributed by atoms with Crippen molar-refractivity contribution in [2.75, 3.05) is 12.3 Å². The lowest BCUT2D eigenvalue weighted by molar-refractivity contribution is -0.321. The van der Waals surface area contributed by atoms with Gasteiger partial charge in [0.2, 0.25) is 5.95 Å². The minimum Gasteiger partial charge on any atom is -0.548 e. The number of imidazole rings is 1. The van der Waals surface area contributed by atoms with Gasteiger partial charge in [0.1, 0.15) is 6.73 Å². The minimum atomic E-state index is -1.82. The molecule has 25 heavy (non-hydrogen) atoms. The first-order valence-electron chi connectivity index (χ1n) is 7.58. The van der Waals surface area contributed by atoms with E-state index in [2.05, 4.69) is 15.0 Å². The molecule has 0 amide bonds. The van der Waals surface area contributed by atoms with Crippen molar-refractivity contribution in [3.8, 4) is 0 Å². The van der Waals surface area contributed by atoms with E-state index >= 15 is 0 Å². The van der Waals surface area contributed by atoms with Gasteiger partial charge in [-0.1, -0.05) is 0 Å². The average Bonchev–Trinajstić information content (AvgIpc) is 2.93. The number of hydrogen-bond acceptors (Lipinski definition) is 9. The molecule has 0 bridgehead atoms. The molecule has 2 aromatic rings. The third kappa shape index (κ3) is 3.48. The third-order valence-corrected chi connectivity index (χ3v) is 4.23. The number of aliphatic hydroxyl groups excluding tert-OH is 1. The smallest absolute Gasteiger partial charge is 0.280 e. The number of aromatic nitrogens is 4. The molecule has 0 aliphatic heterocycles. The number of ether oxygens (including phenoxy) is 1. The number of anilines is 1.